The number of hydrogen-bond donors (Lipinski definition) is 0. The summed E-state index contributed by atoms with van der Waals surface area (Å²) in [6.07, 6.45) is 6.36. The summed E-state index contributed by atoms with van der Waals surface area (Å²) in [5.41, 5.74) is 0.954. The molecule has 1 aliphatic heterocycles. The Hall–Kier alpha value is -1.76. The molecule has 0 saturated carbocycles. The first-order valence-electron chi connectivity index (χ1n) is 8.59. The molecule has 2 aromatic rings. The maximum atomic E-state index is 12.4. The van der Waals surface area contributed by atoms with Crippen LogP contribution in [0.4, 0.5) is 0 Å². The number of aryl methyl sites for hydroxylation is 1. The van der Waals surface area contributed by atoms with Crippen molar-refractivity contribution in [1.82, 2.24) is 19.7 Å². The molecule has 3 heterocycles. The van der Waals surface area contributed by atoms with Gasteiger partial charge < -0.3 is 13.9 Å². The molecular formula is C17H24N4O2S. The lowest BCUT2D eigenvalue weighted by Gasteiger charge is -2.19. The van der Waals surface area contributed by atoms with Crippen LogP contribution in [0, 0.1) is 6.92 Å². The lowest BCUT2D eigenvalue weighted by atomic mass is 10.2. The summed E-state index contributed by atoms with van der Waals surface area (Å²) in [4.78, 5) is 14.4. The second-order valence-electron chi connectivity index (χ2n) is 6.02. The molecule has 1 amide bonds. The Kier molecular flexibility index (Phi) is 5.60. The van der Waals surface area contributed by atoms with Crippen molar-refractivity contribution in [2.45, 2.75) is 51.2 Å². The molecule has 1 saturated heterocycles. The first-order chi connectivity index (χ1) is 11.7. The minimum atomic E-state index is 0.202. The summed E-state index contributed by atoms with van der Waals surface area (Å²) in [6, 6.07) is 1.91. The third-order valence-electron chi connectivity index (χ3n) is 4.42. The highest BCUT2D eigenvalue weighted by atomic mass is 32.2. The number of nitrogens with zero attached hydrogens (tertiary/aromatic N) is 4. The topological polar surface area (TPSA) is 64.2 Å². The smallest absolute Gasteiger partial charge is 0.233 e. The SMILES string of the molecule is CCn1c(SCC(=O)N2CCCCCC2)nnc1-c1ccoc1C. The number of rotatable bonds is 5. The van der Waals surface area contributed by atoms with E-state index in [1.54, 1.807) is 6.26 Å². The molecule has 0 unspecified atom stereocenters. The van der Waals surface area contributed by atoms with Crippen LogP contribution in [0.3, 0.4) is 0 Å². The predicted octanol–water partition coefficient (Wildman–Crippen LogP) is 3.36. The molecule has 0 spiro atoms. The zero-order valence-corrected chi connectivity index (χ0v) is 15.1. The molecule has 0 radical (unpaired) electrons. The van der Waals surface area contributed by atoms with Crippen molar-refractivity contribution >= 4 is 17.7 Å². The van der Waals surface area contributed by atoms with Gasteiger partial charge in [-0.3, -0.25) is 4.79 Å². The molecule has 6 nitrogen and oxygen atoms in total. The van der Waals surface area contributed by atoms with Gasteiger partial charge in [0.25, 0.3) is 0 Å². The number of carbonyl (C=O) groups excluding carboxylic acids is 1. The molecule has 24 heavy (non-hydrogen) atoms. The predicted molar refractivity (Wildman–Crippen MR) is 93.9 cm³/mol. The Morgan fingerprint density at radius 2 is 2.00 bits per heavy atom. The van der Waals surface area contributed by atoms with Gasteiger partial charge in [0.2, 0.25) is 5.91 Å². The van der Waals surface area contributed by atoms with Gasteiger partial charge in [-0.05, 0) is 32.8 Å². The quantitative estimate of drug-likeness (QED) is 0.775. The Bertz CT molecular complexity index is 687. The van der Waals surface area contributed by atoms with Gasteiger partial charge in [-0.25, -0.2) is 0 Å². The van der Waals surface area contributed by atoms with Crippen molar-refractivity contribution in [1.29, 1.82) is 0 Å². The van der Waals surface area contributed by atoms with Gasteiger partial charge in [0, 0.05) is 19.6 Å². The fourth-order valence-electron chi connectivity index (χ4n) is 3.03. The van der Waals surface area contributed by atoms with Crippen LogP contribution < -0.4 is 0 Å². The second-order valence-corrected chi connectivity index (χ2v) is 6.97. The number of likely N-dealkylation sites (tertiary alicyclic amines) is 1. The highest BCUT2D eigenvalue weighted by Crippen LogP contribution is 2.27. The second kappa shape index (κ2) is 7.88. The Labute approximate surface area is 146 Å². The van der Waals surface area contributed by atoms with E-state index in [9.17, 15) is 4.79 Å². The molecule has 0 aromatic carbocycles. The minimum Gasteiger partial charge on any atom is -0.469 e. The number of amides is 1. The summed E-state index contributed by atoms with van der Waals surface area (Å²) in [6.45, 7) is 6.51. The zero-order chi connectivity index (χ0) is 16.9. The van der Waals surface area contributed by atoms with Gasteiger partial charge >= 0.3 is 0 Å². The van der Waals surface area contributed by atoms with Gasteiger partial charge in [0.15, 0.2) is 11.0 Å². The highest BCUT2D eigenvalue weighted by Gasteiger charge is 2.19. The van der Waals surface area contributed by atoms with Gasteiger partial charge in [-0.1, -0.05) is 24.6 Å². The molecule has 0 atom stereocenters. The monoisotopic (exact) mass is 348 g/mol. The number of furan rings is 1. The van der Waals surface area contributed by atoms with Crippen molar-refractivity contribution in [3.8, 4) is 11.4 Å². The average molecular weight is 348 g/mol. The summed E-state index contributed by atoms with van der Waals surface area (Å²) in [5, 5.41) is 9.37. The molecular weight excluding hydrogens is 324 g/mol. The molecule has 0 aliphatic carbocycles. The molecule has 0 bridgehead atoms. The van der Waals surface area contributed by atoms with Crippen LogP contribution in [-0.4, -0.2) is 44.4 Å². The zero-order valence-electron chi connectivity index (χ0n) is 14.3. The van der Waals surface area contributed by atoms with Crippen LogP contribution in [0.2, 0.25) is 0 Å². The van der Waals surface area contributed by atoms with Crippen LogP contribution >= 0.6 is 11.8 Å². The summed E-state index contributed by atoms with van der Waals surface area (Å²) in [5.74, 6) is 2.25. The lowest BCUT2D eigenvalue weighted by molar-refractivity contribution is -0.128. The van der Waals surface area contributed by atoms with E-state index in [1.807, 2.05) is 22.5 Å². The molecule has 7 heteroatoms. The van der Waals surface area contributed by atoms with E-state index in [1.165, 1.54) is 24.6 Å². The van der Waals surface area contributed by atoms with Gasteiger partial charge in [0.05, 0.1) is 17.6 Å². The average Bonchev–Trinajstić information content (AvgIpc) is 3.07. The van der Waals surface area contributed by atoms with Crippen LogP contribution in [0.25, 0.3) is 11.4 Å². The van der Waals surface area contributed by atoms with Crippen LogP contribution in [0.15, 0.2) is 21.9 Å². The summed E-state index contributed by atoms with van der Waals surface area (Å²) in [7, 11) is 0. The standard InChI is InChI=1S/C17H24N4O2S/c1-3-21-16(14-8-11-23-13(14)2)18-19-17(21)24-12-15(22)20-9-6-4-5-7-10-20/h8,11H,3-7,9-10,12H2,1-2H3. The van der Waals surface area contributed by atoms with E-state index in [0.29, 0.717) is 5.75 Å². The van der Waals surface area contributed by atoms with Gasteiger partial charge in [0.1, 0.15) is 5.76 Å². The Morgan fingerprint density at radius 1 is 1.25 bits per heavy atom. The van der Waals surface area contributed by atoms with E-state index in [0.717, 1.165) is 54.8 Å². The molecule has 3 rings (SSSR count). The molecule has 1 aliphatic rings. The maximum absolute atomic E-state index is 12.4. The van der Waals surface area contributed by atoms with Crippen LogP contribution in [0.5, 0.6) is 0 Å². The molecule has 1 fully saturated rings. The van der Waals surface area contributed by atoms with Crippen molar-refractivity contribution in [2.24, 2.45) is 0 Å². The Balaban J connectivity index is 1.68. The van der Waals surface area contributed by atoms with Crippen LogP contribution in [0.1, 0.15) is 38.4 Å². The van der Waals surface area contributed by atoms with Crippen molar-refractivity contribution < 1.29 is 9.21 Å². The fraction of sp³-hybridized carbons (Fsp3) is 0.588. The lowest BCUT2D eigenvalue weighted by Crippen LogP contribution is -2.33. The largest absolute Gasteiger partial charge is 0.469 e. The first kappa shape index (κ1) is 17.1. The number of thioether (sulfide) groups is 1. The summed E-state index contributed by atoms with van der Waals surface area (Å²) < 4.78 is 7.41. The van der Waals surface area contributed by atoms with Crippen LogP contribution in [-0.2, 0) is 11.3 Å². The molecule has 130 valence electrons. The number of hydrogen-bond acceptors (Lipinski definition) is 5. The van der Waals surface area contributed by atoms with Crippen molar-refractivity contribution in [3.05, 3.63) is 18.1 Å². The maximum Gasteiger partial charge on any atom is 0.233 e. The van der Waals surface area contributed by atoms with Gasteiger partial charge in [-0.15, -0.1) is 10.2 Å². The van der Waals surface area contributed by atoms with E-state index in [4.69, 9.17) is 4.42 Å². The van der Waals surface area contributed by atoms with E-state index >= 15 is 0 Å². The number of carbonyl (C=O) groups is 1. The third kappa shape index (κ3) is 3.66. The normalized spacial score (nSPS) is 15.5. The summed E-state index contributed by atoms with van der Waals surface area (Å²) >= 11 is 1.47. The van der Waals surface area contributed by atoms with Crippen molar-refractivity contribution in [2.75, 3.05) is 18.8 Å². The van der Waals surface area contributed by atoms with Gasteiger partial charge in [-0.2, -0.15) is 0 Å². The fourth-order valence-corrected chi connectivity index (χ4v) is 3.94. The third-order valence-corrected chi connectivity index (χ3v) is 5.37. The van der Waals surface area contributed by atoms with E-state index in [2.05, 4.69) is 17.1 Å². The van der Waals surface area contributed by atoms with E-state index < -0.39 is 0 Å². The molecule has 2 aromatic heterocycles. The highest BCUT2D eigenvalue weighted by molar-refractivity contribution is 7.99. The van der Waals surface area contributed by atoms with Crippen molar-refractivity contribution in [3.63, 3.8) is 0 Å². The van der Waals surface area contributed by atoms with E-state index in [-0.39, 0.29) is 5.91 Å². The Morgan fingerprint density at radius 3 is 2.62 bits per heavy atom. The number of aromatic nitrogens is 3. The first-order valence-corrected chi connectivity index (χ1v) is 9.57. The minimum absolute atomic E-state index is 0.202. The molecule has 0 N–H and O–H groups in total.